The molecule has 1 N–H and O–H groups in total. The molecule has 0 saturated heterocycles. The molecule has 0 bridgehead atoms. The van der Waals surface area contributed by atoms with E-state index in [1.807, 2.05) is 6.92 Å². The average molecular weight is 755 g/mol. The smallest absolute Gasteiger partial charge is 0.352 e. The molecule has 260 valence electrons. The molecular formula is C35H33Cl3F3N3O4S. The normalized spacial score (nSPS) is 13.0. The number of carbonyl (C=O) groups is 2. The van der Waals surface area contributed by atoms with Crippen LogP contribution in [0.25, 0.3) is 0 Å². The summed E-state index contributed by atoms with van der Waals surface area (Å²) in [5, 5.41) is 2.91. The minimum atomic E-state index is -4.85. The monoisotopic (exact) mass is 753 g/mol. The number of benzene rings is 4. The van der Waals surface area contributed by atoms with Crippen molar-refractivity contribution >= 4 is 62.3 Å². The predicted molar refractivity (Wildman–Crippen MR) is 186 cm³/mol. The average Bonchev–Trinajstić information content (AvgIpc) is 3.06. The van der Waals surface area contributed by atoms with E-state index in [4.69, 9.17) is 34.8 Å². The zero-order chi connectivity index (χ0) is 35.9. The van der Waals surface area contributed by atoms with Gasteiger partial charge in [-0.05, 0) is 61.4 Å². The fourth-order valence-corrected chi connectivity index (χ4v) is 7.19. The molecule has 4 aromatic rings. The zero-order valence-electron chi connectivity index (χ0n) is 26.4. The van der Waals surface area contributed by atoms with Crippen molar-refractivity contribution in [2.75, 3.05) is 10.8 Å². The van der Waals surface area contributed by atoms with Gasteiger partial charge in [0.15, 0.2) is 0 Å². The third kappa shape index (κ3) is 9.48. The lowest BCUT2D eigenvalue weighted by atomic mass is 10.0. The van der Waals surface area contributed by atoms with Crippen LogP contribution in [0.1, 0.15) is 37.0 Å². The molecule has 0 aliphatic rings. The Labute approximate surface area is 298 Å². The molecular weight excluding hydrogens is 722 g/mol. The molecule has 2 atom stereocenters. The van der Waals surface area contributed by atoms with Crippen molar-refractivity contribution < 1.29 is 31.2 Å². The van der Waals surface area contributed by atoms with Gasteiger partial charge in [-0.1, -0.05) is 96.3 Å². The first-order chi connectivity index (χ1) is 23.1. The molecule has 0 aliphatic heterocycles. The van der Waals surface area contributed by atoms with Crippen LogP contribution in [0.4, 0.5) is 18.9 Å². The van der Waals surface area contributed by atoms with Crippen molar-refractivity contribution in [1.29, 1.82) is 0 Å². The van der Waals surface area contributed by atoms with E-state index in [-0.39, 0.29) is 44.5 Å². The number of hydrogen-bond donors (Lipinski definition) is 1. The highest BCUT2D eigenvalue weighted by Gasteiger charge is 2.38. The highest BCUT2D eigenvalue weighted by Crippen LogP contribution is 2.38. The lowest BCUT2D eigenvalue weighted by molar-refractivity contribution is -0.140. The van der Waals surface area contributed by atoms with E-state index in [1.54, 1.807) is 61.5 Å². The summed E-state index contributed by atoms with van der Waals surface area (Å²) in [6.45, 7) is 2.30. The first-order valence-corrected chi connectivity index (χ1v) is 17.7. The summed E-state index contributed by atoms with van der Waals surface area (Å²) in [6, 6.07) is 21.1. The van der Waals surface area contributed by atoms with Gasteiger partial charge in [0, 0.05) is 34.6 Å². The summed E-state index contributed by atoms with van der Waals surface area (Å²) in [5.41, 5.74) is -0.789. The number of carbonyl (C=O) groups excluding carboxylic acids is 2. The van der Waals surface area contributed by atoms with Crippen molar-refractivity contribution in [2.24, 2.45) is 0 Å². The maximum atomic E-state index is 14.6. The third-order valence-corrected chi connectivity index (χ3v) is 10.6. The van der Waals surface area contributed by atoms with Crippen LogP contribution in [0, 0.1) is 0 Å². The standard InChI is InChI=1S/C35H33Cl3F3N3O4S/c1-3-23(2)42-34(46)32(19-24-11-6-4-7-12-24)43(21-27-28(36)15-10-16-29(27)37)33(45)22-44(49(47,48)26-13-8-5-9-14-26)31-20-25(35(39,40)41)17-18-30(31)38/h4-18,20,23,32H,3,19,21-22H2,1-2H3,(H,42,46)/t23-,32-/m0/s1. The quantitative estimate of drug-likeness (QED) is 0.149. The van der Waals surface area contributed by atoms with Gasteiger partial charge in [0.05, 0.1) is 21.2 Å². The number of amides is 2. The summed E-state index contributed by atoms with van der Waals surface area (Å²) in [5.74, 6) is -1.46. The molecule has 0 unspecified atom stereocenters. The molecule has 4 rings (SSSR count). The molecule has 0 saturated carbocycles. The van der Waals surface area contributed by atoms with Crippen LogP contribution >= 0.6 is 34.8 Å². The Bertz CT molecular complexity index is 1860. The van der Waals surface area contributed by atoms with E-state index in [0.717, 1.165) is 11.0 Å². The predicted octanol–water partition coefficient (Wildman–Crippen LogP) is 8.42. The lowest BCUT2D eigenvalue weighted by Gasteiger charge is -2.35. The SMILES string of the molecule is CC[C@H](C)NC(=O)[C@H](Cc1ccccc1)N(Cc1c(Cl)cccc1Cl)C(=O)CN(c1cc(C(F)(F)F)ccc1Cl)S(=O)(=O)c1ccccc1. The Morgan fingerprint density at radius 3 is 2.00 bits per heavy atom. The van der Waals surface area contributed by atoms with Gasteiger partial charge in [0.25, 0.3) is 10.0 Å². The third-order valence-electron chi connectivity index (χ3n) is 7.81. The number of hydrogen-bond acceptors (Lipinski definition) is 4. The molecule has 2 amide bonds. The largest absolute Gasteiger partial charge is 0.416 e. The molecule has 0 heterocycles. The Hall–Kier alpha value is -3.77. The zero-order valence-corrected chi connectivity index (χ0v) is 29.5. The van der Waals surface area contributed by atoms with Gasteiger partial charge in [0.1, 0.15) is 12.6 Å². The number of halogens is 6. The Morgan fingerprint density at radius 2 is 1.43 bits per heavy atom. The van der Waals surface area contributed by atoms with Gasteiger partial charge in [-0.2, -0.15) is 13.2 Å². The second-order valence-corrected chi connectivity index (χ2v) is 14.3. The van der Waals surface area contributed by atoms with Gasteiger partial charge in [-0.15, -0.1) is 0 Å². The van der Waals surface area contributed by atoms with E-state index in [2.05, 4.69) is 5.32 Å². The van der Waals surface area contributed by atoms with Crippen molar-refractivity contribution in [3.63, 3.8) is 0 Å². The minimum absolute atomic E-state index is 0.00662. The maximum Gasteiger partial charge on any atom is 0.416 e. The molecule has 0 spiro atoms. The number of nitrogens with one attached hydrogen (secondary N) is 1. The highest BCUT2D eigenvalue weighted by atomic mass is 35.5. The van der Waals surface area contributed by atoms with Crippen LogP contribution in [0.2, 0.25) is 15.1 Å². The van der Waals surface area contributed by atoms with Gasteiger partial charge < -0.3 is 10.2 Å². The Morgan fingerprint density at radius 1 is 0.837 bits per heavy atom. The first-order valence-electron chi connectivity index (χ1n) is 15.1. The topological polar surface area (TPSA) is 86.8 Å². The van der Waals surface area contributed by atoms with Crippen LogP contribution in [0.3, 0.4) is 0 Å². The first kappa shape index (κ1) is 38.0. The summed E-state index contributed by atoms with van der Waals surface area (Å²) < 4.78 is 70.4. The van der Waals surface area contributed by atoms with E-state index >= 15 is 0 Å². The Balaban J connectivity index is 1.91. The van der Waals surface area contributed by atoms with Crippen molar-refractivity contribution in [3.05, 3.63) is 129 Å². The van der Waals surface area contributed by atoms with Crippen LogP contribution in [0.5, 0.6) is 0 Å². The number of alkyl halides is 3. The minimum Gasteiger partial charge on any atom is -0.352 e. The molecule has 0 aliphatic carbocycles. The van der Waals surface area contributed by atoms with E-state index in [0.29, 0.717) is 28.4 Å². The van der Waals surface area contributed by atoms with E-state index in [9.17, 15) is 31.2 Å². The molecule has 0 radical (unpaired) electrons. The molecule has 4 aromatic carbocycles. The van der Waals surface area contributed by atoms with Gasteiger partial charge >= 0.3 is 6.18 Å². The fraction of sp³-hybridized carbons (Fsp3) is 0.257. The van der Waals surface area contributed by atoms with Gasteiger partial charge in [-0.25, -0.2) is 8.42 Å². The Kier molecular flexibility index (Phi) is 12.6. The summed E-state index contributed by atoms with van der Waals surface area (Å²) in [7, 11) is -4.70. The number of sulfonamides is 1. The number of anilines is 1. The molecule has 0 aromatic heterocycles. The molecule has 49 heavy (non-hydrogen) atoms. The van der Waals surface area contributed by atoms with Gasteiger partial charge in [0.2, 0.25) is 11.8 Å². The van der Waals surface area contributed by atoms with Crippen LogP contribution < -0.4 is 9.62 Å². The maximum absolute atomic E-state index is 14.6. The van der Waals surface area contributed by atoms with Crippen LogP contribution in [-0.2, 0) is 38.8 Å². The summed E-state index contributed by atoms with van der Waals surface area (Å²) in [6.07, 6.45) is -4.27. The number of nitrogens with zero attached hydrogens (tertiary/aromatic N) is 2. The summed E-state index contributed by atoms with van der Waals surface area (Å²) in [4.78, 5) is 29.4. The van der Waals surface area contributed by atoms with E-state index in [1.165, 1.54) is 24.3 Å². The molecule has 0 fully saturated rings. The van der Waals surface area contributed by atoms with Gasteiger partial charge in [-0.3, -0.25) is 13.9 Å². The number of rotatable bonds is 13. The van der Waals surface area contributed by atoms with Crippen LogP contribution in [-0.4, -0.2) is 43.8 Å². The lowest BCUT2D eigenvalue weighted by Crippen LogP contribution is -2.54. The highest BCUT2D eigenvalue weighted by molar-refractivity contribution is 7.92. The van der Waals surface area contributed by atoms with Crippen molar-refractivity contribution in [1.82, 2.24) is 10.2 Å². The second-order valence-electron chi connectivity index (χ2n) is 11.2. The molecule has 14 heteroatoms. The van der Waals surface area contributed by atoms with Crippen molar-refractivity contribution in [2.45, 2.75) is 56.4 Å². The fourth-order valence-electron chi connectivity index (χ4n) is 4.96. The summed E-state index contributed by atoms with van der Waals surface area (Å²) >= 11 is 19.4. The van der Waals surface area contributed by atoms with Crippen molar-refractivity contribution in [3.8, 4) is 0 Å². The van der Waals surface area contributed by atoms with Crippen LogP contribution in [0.15, 0.2) is 102 Å². The molecule has 7 nitrogen and oxygen atoms in total. The van der Waals surface area contributed by atoms with E-state index < -0.39 is 51.9 Å². The second kappa shape index (κ2) is 16.3.